The third kappa shape index (κ3) is 9.07. The summed E-state index contributed by atoms with van der Waals surface area (Å²) in [5.74, 6) is -4.31. The van der Waals surface area contributed by atoms with Crippen molar-refractivity contribution in [2.24, 2.45) is 0 Å². The molecule has 2 aromatic carbocycles. The average molecular weight is 985 g/mol. The van der Waals surface area contributed by atoms with Crippen molar-refractivity contribution in [3.05, 3.63) is 86.7 Å². The number of alkyl carbamates (subject to hydrolysis) is 1. The van der Waals surface area contributed by atoms with E-state index in [2.05, 4.69) is 16.0 Å². The van der Waals surface area contributed by atoms with Crippen LogP contribution in [0.25, 0.3) is 22.3 Å². The molecule has 0 unspecified atom stereocenters. The fourth-order valence-electron chi connectivity index (χ4n) is 8.74. The third-order valence-corrected chi connectivity index (χ3v) is 12.6. The molecule has 1 fully saturated rings. The third-order valence-electron chi connectivity index (χ3n) is 12.6. The Balaban J connectivity index is 0.919. The van der Waals surface area contributed by atoms with Crippen LogP contribution in [0.4, 0.5) is 10.5 Å². The number of hydrogen-bond acceptors (Lipinski definition) is 19. The first-order valence-corrected chi connectivity index (χ1v) is 22.1. The van der Waals surface area contributed by atoms with Crippen LogP contribution in [0.15, 0.2) is 53.3 Å². The number of cyclic esters (lactones) is 1. The number of carboxylic acids is 1. The zero-order chi connectivity index (χ0) is 50.5. The van der Waals surface area contributed by atoms with Crippen LogP contribution in [0.2, 0.25) is 0 Å². The van der Waals surface area contributed by atoms with Gasteiger partial charge < -0.3 is 74.5 Å². The lowest BCUT2D eigenvalue weighted by molar-refractivity contribution is -0.271. The Morgan fingerprint density at radius 3 is 2.37 bits per heavy atom. The first kappa shape index (κ1) is 48.1. The summed E-state index contributed by atoms with van der Waals surface area (Å²) in [6, 6.07) is 8.90. The van der Waals surface area contributed by atoms with Crippen LogP contribution >= 0.6 is 0 Å². The highest BCUT2D eigenvalue weighted by atomic mass is 16.7. The number of carboxylic acid groups (broad SMARTS) is 1. The Morgan fingerprint density at radius 2 is 1.63 bits per heavy atom. The summed E-state index contributed by atoms with van der Waals surface area (Å²) < 4.78 is 34.4. The molecule has 1 saturated heterocycles. The van der Waals surface area contributed by atoms with Crippen molar-refractivity contribution < 1.29 is 87.5 Å². The smallest absolute Gasteiger partial charge is 0.407 e. The molecule has 372 valence electrons. The number of fused-ring (bicyclic) bond motifs is 6. The number of carbonyl (C=O) groups is 7. The van der Waals surface area contributed by atoms with Crippen molar-refractivity contribution >= 4 is 58.3 Å². The maximum absolute atomic E-state index is 13.9. The number of nitrogens with zero attached hydrogens (tertiary/aromatic N) is 3. The molecule has 71 heavy (non-hydrogen) atoms. The van der Waals surface area contributed by atoms with Crippen LogP contribution in [-0.2, 0) is 74.9 Å². The normalized spacial score (nSPS) is 22.6. The standard InChI is InChI=1S/C46H44N6O19/c1-2-46(65)25-13-28-36-23(16-52(28)41(60)24(25)18-66-44(46)63)22(21-12-30-31(69-19-68-30)14-26(21)50-36)15-48-45(64)67-17-20-3-4-29(70-43-39(59)37(57)38(58)40(71-43)42(61)62)27(11-20)49-33(54)7-9-47-32(53)8-10-51-34(55)5-6-35(51)56/h3-6,11-14,37-40,43,57-59,65H,2,7-10,15-19H2,1H3,(H,47,53)(H,48,64)(H,49,54)(H,61,62)/t37-,38-,39+,40-,43+,46-/m0/s1. The van der Waals surface area contributed by atoms with Crippen LogP contribution < -0.4 is 35.7 Å². The zero-order valence-corrected chi connectivity index (χ0v) is 37.4. The highest BCUT2D eigenvalue weighted by Crippen LogP contribution is 2.43. The molecule has 25 heteroatoms. The van der Waals surface area contributed by atoms with Gasteiger partial charge in [-0.3, -0.25) is 28.9 Å². The van der Waals surface area contributed by atoms with Gasteiger partial charge in [-0.15, -0.1) is 0 Å². The number of benzene rings is 2. The number of anilines is 1. The van der Waals surface area contributed by atoms with Crippen LogP contribution in [0, 0.1) is 0 Å². The molecule has 0 aliphatic carbocycles. The molecule has 5 aliphatic heterocycles. The number of aliphatic hydroxyl groups is 4. The van der Waals surface area contributed by atoms with Gasteiger partial charge >= 0.3 is 18.0 Å². The van der Waals surface area contributed by atoms with Crippen molar-refractivity contribution in [3.63, 3.8) is 0 Å². The predicted molar refractivity (Wildman–Crippen MR) is 236 cm³/mol. The Labute approximate surface area is 399 Å². The minimum absolute atomic E-state index is 0.00836. The second-order valence-electron chi connectivity index (χ2n) is 16.9. The van der Waals surface area contributed by atoms with Gasteiger partial charge in [0.25, 0.3) is 17.4 Å². The van der Waals surface area contributed by atoms with E-state index in [1.54, 1.807) is 25.1 Å². The summed E-state index contributed by atoms with van der Waals surface area (Å²) >= 11 is 0. The van der Waals surface area contributed by atoms with Gasteiger partial charge in [0.05, 0.1) is 34.7 Å². The molecule has 0 radical (unpaired) electrons. The van der Waals surface area contributed by atoms with E-state index in [1.807, 2.05) is 0 Å². The lowest BCUT2D eigenvalue weighted by atomic mass is 9.86. The second-order valence-corrected chi connectivity index (χ2v) is 16.9. The largest absolute Gasteiger partial charge is 0.479 e. The SMILES string of the molecule is CC[C@@]1(O)C(=O)OCc2c1cc1n(c2=O)Cc2c-1nc1cc3c(cc1c2CNC(=O)OCc1ccc(O[C@@H]2O[C@H](C(=O)O)[C@@H](O)[C@H](O)[C@H]2O)c(NC(=O)CCNC(=O)CCN2C(=O)C=CC2=O)c1)OCO3. The first-order chi connectivity index (χ1) is 33.9. The maximum Gasteiger partial charge on any atom is 0.407 e. The Kier molecular flexibility index (Phi) is 12.9. The number of aromatic nitrogens is 2. The van der Waals surface area contributed by atoms with Gasteiger partial charge in [-0.25, -0.2) is 19.4 Å². The van der Waals surface area contributed by atoms with Crippen molar-refractivity contribution in [1.82, 2.24) is 25.1 Å². The number of aliphatic hydroxyl groups excluding tert-OH is 3. The monoisotopic (exact) mass is 984 g/mol. The summed E-state index contributed by atoms with van der Waals surface area (Å²) in [5, 5.41) is 60.4. The lowest BCUT2D eigenvalue weighted by Gasteiger charge is -2.38. The minimum Gasteiger partial charge on any atom is -0.479 e. The number of amides is 5. The predicted octanol–water partition coefficient (Wildman–Crippen LogP) is -0.734. The molecule has 6 atom stereocenters. The molecule has 4 aromatic rings. The number of ether oxygens (including phenoxy) is 6. The van der Waals surface area contributed by atoms with E-state index < -0.39 is 90.1 Å². The van der Waals surface area contributed by atoms with Gasteiger partial charge in [0, 0.05) is 67.2 Å². The number of carbonyl (C=O) groups excluding carboxylic acids is 6. The number of rotatable bonds is 15. The summed E-state index contributed by atoms with van der Waals surface area (Å²) in [7, 11) is 0. The molecule has 7 heterocycles. The Bertz CT molecular complexity index is 3010. The molecule has 8 N–H and O–H groups in total. The van der Waals surface area contributed by atoms with Crippen molar-refractivity contribution in [1.29, 1.82) is 0 Å². The van der Waals surface area contributed by atoms with Crippen LogP contribution in [0.3, 0.4) is 0 Å². The average Bonchev–Trinajstić information content (AvgIpc) is 4.06. The number of nitrogens with one attached hydrogen (secondary N) is 3. The van der Waals surface area contributed by atoms with Gasteiger partial charge in [0.15, 0.2) is 23.2 Å². The summed E-state index contributed by atoms with van der Waals surface area (Å²) in [5.41, 5.74) is 0.0276. The molecular formula is C46H44N6O19. The highest BCUT2D eigenvalue weighted by Gasteiger charge is 2.49. The van der Waals surface area contributed by atoms with E-state index in [1.165, 1.54) is 22.8 Å². The van der Waals surface area contributed by atoms with Crippen LogP contribution in [0.1, 0.15) is 54.0 Å². The number of imide groups is 1. The van der Waals surface area contributed by atoms with E-state index in [-0.39, 0.29) is 87.0 Å². The Hall–Kier alpha value is -7.97. The minimum atomic E-state index is -2.06. The molecule has 5 amide bonds. The zero-order valence-electron chi connectivity index (χ0n) is 37.4. The summed E-state index contributed by atoms with van der Waals surface area (Å²) in [6.45, 7) is 0.269. The highest BCUT2D eigenvalue weighted by molar-refractivity contribution is 6.13. The quantitative estimate of drug-likeness (QED) is 0.0473. The van der Waals surface area contributed by atoms with E-state index >= 15 is 0 Å². The number of aliphatic carboxylic acids is 1. The van der Waals surface area contributed by atoms with E-state index in [0.29, 0.717) is 44.9 Å². The van der Waals surface area contributed by atoms with E-state index in [4.69, 9.17) is 33.4 Å². The van der Waals surface area contributed by atoms with Gasteiger partial charge in [0.2, 0.25) is 24.9 Å². The lowest BCUT2D eigenvalue weighted by Crippen LogP contribution is -2.61. The van der Waals surface area contributed by atoms with Crippen molar-refractivity contribution in [3.8, 4) is 28.6 Å². The molecule has 2 aromatic heterocycles. The Morgan fingerprint density at radius 1 is 0.887 bits per heavy atom. The number of esters is 1. The summed E-state index contributed by atoms with van der Waals surface area (Å²) in [6.07, 6.45) is -9.24. The fourth-order valence-corrected chi connectivity index (χ4v) is 8.74. The van der Waals surface area contributed by atoms with Crippen molar-refractivity contribution in [2.75, 3.05) is 25.2 Å². The molecule has 0 saturated carbocycles. The number of pyridine rings is 2. The molecule has 5 aliphatic rings. The van der Waals surface area contributed by atoms with Gasteiger partial charge in [0.1, 0.15) is 37.3 Å². The molecule has 25 nitrogen and oxygen atoms in total. The maximum atomic E-state index is 13.9. The second kappa shape index (κ2) is 19.1. The van der Waals surface area contributed by atoms with E-state index in [9.17, 15) is 63.9 Å². The molecule has 9 rings (SSSR count). The van der Waals surface area contributed by atoms with Gasteiger partial charge in [-0.1, -0.05) is 13.0 Å². The van der Waals surface area contributed by atoms with E-state index in [0.717, 1.165) is 17.1 Å². The van der Waals surface area contributed by atoms with Crippen LogP contribution in [0.5, 0.6) is 17.2 Å². The molecule has 0 bridgehead atoms. The topological polar surface area (TPSA) is 350 Å². The van der Waals surface area contributed by atoms with Crippen molar-refractivity contribution in [2.45, 2.75) is 88.8 Å². The fraction of sp³-hybridized carbons (Fsp3) is 0.370. The van der Waals surface area contributed by atoms with Gasteiger partial charge in [-0.05, 0) is 41.8 Å². The molecular weight excluding hydrogens is 941 g/mol. The number of hydrogen-bond donors (Lipinski definition) is 8. The first-order valence-electron chi connectivity index (χ1n) is 22.1. The van der Waals surface area contributed by atoms with Crippen LogP contribution in [-0.4, -0.2) is 132 Å². The molecule has 0 spiro atoms. The van der Waals surface area contributed by atoms with Gasteiger partial charge in [-0.2, -0.15) is 0 Å². The summed E-state index contributed by atoms with van der Waals surface area (Å²) in [4.78, 5) is 107.